The molecule has 2 aromatic carbocycles. The van der Waals surface area contributed by atoms with E-state index in [1.54, 1.807) is 48.9 Å². The molecule has 4 rings (SSSR count). The summed E-state index contributed by atoms with van der Waals surface area (Å²) in [5.74, 6) is -0.0534. The Morgan fingerprint density at radius 2 is 1.85 bits per heavy atom. The molecule has 1 amide bonds. The number of nitrogens with one attached hydrogen (secondary N) is 1. The van der Waals surface area contributed by atoms with Crippen LogP contribution in [0.25, 0.3) is 0 Å². The van der Waals surface area contributed by atoms with Gasteiger partial charge in [0.25, 0.3) is 5.91 Å². The normalized spacial score (nSPS) is 15.8. The molecule has 0 fully saturated rings. The number of rotatable bonds is 8. The second kappa shape index (κ2) is 11.2. The van der Waals surface area contributed by atoms with Crippen LogP contribution in [0.4, 0.5) is 5.69 Å². The van der Waals surface area contributed by atoms with E-state index in [1.807, 2.05) is 33.8 Å². The first kappa shape index (κ1) is 30.2. The topological polar surface area (TPSA) is 121 Å². The number of anilines is 1. The molecule has 0 aromatic heterocycles. The van der Waals surface area contributed by atoms with Crippen molar-refractivity contribution in [2.24, 2.45) is 4.51 Å². The summed E-state index contributed by atoms with van der Waals surface area (Å²) in [7, 11) is 1.54. The number of carboxylic acids is 1. The van der Waals surface area contributed by atoms with Crippen LogP contribution in [0.1, 0.15) is 78.9 Å². The van der Waals surface area contributed by atoms with Gasteiger partial charge in [-0.3, -0.25) is 9.59 Å². The molecule has 0 saturated heterocycles. The number of ether oxygens (including phenoxy) is 2. The summed E-state index contributed by atoms with van der Waals surface area (Å²) < 4.78 is 15.7. The molecule has 41 heavy (non-hydrogen) atoms. The van der Waals surface area contributed by atoms with E-state index in [0.717, 1.165) is 11.1 Å². The van der Waals surface area contributed by atoms with Crippen molar-refractivity contribution < 1.29 is 29.0 Å². The first-order valence-corrected chi connectivity index (χ1v) is 13.9. The fourth-order valence-electron chi connectivity index (χ4n) is 5.23. The van der Waals surface area contributed by atoms with Gasteiger partial charge in [0.2, 0.25) is 0 Å². The van der Waals surface area contributed by atoms with Gasteiger partial charge in [-0.25, -0.2) is 4.79 Å². The maximum atomic E-state index is 13.9. The van der Waals surface area contributed by atoms with Crippen molar-refractivity contribution in [3.63, 3.8) is 0 Å². The molecule has 0 aliphatic carbocycles. The number of ketones is 1. The first-order valence-electron chi connectivity index (χ1n) is 13.6. The standard InChI is InChI=1S/C30H37ClN4O6/c1-8-40-24-13-18-15-34(26(33-31)19(18)14-20(24)27(37)32-7)16-23(36)17-11-21(29(2,3)4)25-22(12-17)35(9-10-41-25)30(5,6)28(38)39/h11-14H,8-10,15-16H2,1-7H3,(H,32,37)(H,38,39). The fraction of sp³-hybridized carbons (Fsp3) is 0.467. The van der Waals surface area contributed by atoms with Gasteiger partial charge in [-0.15, -0.1) is 0 Å². The van der Waals surface area contributed by atoms with Gasteiger partial charge in [-0.2, -0.15) is 4.51 Å². The van der Waals surface area contributed by atoms with Crippen LogP contribution < -0.4 is 19.7 Å². The summed E-state index contributed by atoms with van der Waals surface area (Å²) in [5.41, 5.74) is 2.06. The van der Waals surface area contributed by atoms with Crippen LogP contribution >= 0.6 is 11.8 Å². The molecule has 11 heteroatoms. The van der Waals surface area contributed by atoms with E-state index in [1.165, 1.54) is 0 Å². The summed E-state index contributed by atoms with van der Waals surface area (Å²) in [6, 6.07) is 7.02. The molecule has 0 unspecified atom stereocenters. The van der Waals surface area contributed by atoms with Crippen LogP contribution in [-0.2, 0) is 16.8 Å². The lowest BCUT2D eigenvalue weighted by Gasteiger charge is -2.42. The Bertz CT molecular complexity index is 1430. The third kappa shape index (κ3) is 5.57. The van der Waals surface area contributed by atoms with Gasteiger partial charge in [0.05, 0.1) is 30.9 Å². The number of nitrogens with zero attached hydrogens (tertiary/aromatic N) is 3. The van der Waals surface area contributed by atoms with Gasteiger partial charge in [-0.05, 0) is 56.0 Å². The number of benzene rings is 2. The number of carbonyl (C=O) groups is 3. The highest BCUT2D eigenvalue weighted by Crippen LogP contribution is 2.44. The summed E-state index contributed by atoms with van der Waals surface area (Å²) in [5, 5.41) is 12.6. The van der Waals surface area contributed by atoms with Crippen molar-refractivity contribution in [1.82, 2.24) is 10.2 Å². The molecule has 2 aliphatic heterocycles. The smallest absolute Gasteiger partial charge is 0.328 e. The van der Waals surface area contributed by atoms with E-state index in [-0.39, 0.29) is 23.7 Å². The number of aliphatic carboxylic acids is 1. The number of fused-ring (bicyclic) bond motifs is 2. The summed E-state index contributed by atoms with van der Waals surface area (Å²) >= 11 is 6.03. The van der Waals surface area contributed by atoms with Crippen LogP contribution in [0.3, 0.4) is 0 Å². The molecule has 220 valence electrons. The Hall–Kier alpha value is -3.79. The minimum Gasteiger partial charge on any atom is -0.493 e. The zero-order chi connectivity index (χ0) is 30.3. The molecule has 2 N–H and O–H groups in total. The average molecular weight is 585 g/mol. The van der Waals surface area contributed by atoms with Crippen LogP contribution in [0.15, 0.2) is 28.8 Å². The van der Waals surface area contributed by atoms with Crippen LogP contribution in [-0.4, -0.2) is 72.4 Å². The molecule has 0 bridgehead atoms. The molecule has 10 nitrogen and oxygen atoms in total. The molecule has 2 aliphatic rings. The molecular formula is C30H37ClN4O6. The van der Waals surface area contributed by atoms with E-state index < -0.39 is 11.5 Å². The molecule has 0 radical (unpaired) electrons. The van der Waals surface area contributed by atoms with E-state index in [9.17, 15) is 19.5 Å². The van der Waals surface area contributed by atoms with E-state index in [4.69, 9.17) is 21.3 Å². The minimum atomic E-state index is -1.22. The Morgan fingerprint density at radius 3 is 2.44 bits per heavy atom. The fourth-order valence-corrected chi connectivity index (χ4v) is 5.43. The number of hydrogen-bond donors (Lipinski definition) is 2. The molecular weight excluding hydrogens is 548 g/mol. The van der Waals surface area contributed by atoms with Gasteiger partial charge in [-0.1, -0.05) is 20.8 Å². The number of carboxylic acid groups (broad SMARTS) is 1. The molecule has 2 heterocycles. The minimum absolute atomic E-state index is 0.0366. The highest BCUT2D eigenvalue weighted by molar-refractivity contribution is 6.23. The predicted molar refractivity (Wildman–Crippen MR) is 158 cm³/mol. The largest absolute Gasteiger partial charge is 0.493 e. The highest BCUT2D eigenvalue weighted by atomic mass is 35.5. The van der Waals surface area contributed by atoms with Crippen molar-refractivity contribution in [3.8, 4) is 11.5 Å². The van der Waals surface area contributed by atoms with Crippen molar-refractivity contribution in [2.75, 3.05) is 38.3 Å². The SMILES string of the molecule is CCOc1cc2c(cc1C(=O)NC)C(=NCl)N(CC(=O)c1cc3c(c(C(C)(C)C)c1)OCCN3C(C)(C)C(=O)O)C2. The molecule has 0 saturated carbocycles. The summed E-state index contributed by atoms with van der Waals surface area (Å²) in [6.45, 7) is 12.6. The van der Waals surface area contributed by atoms with Gasteiger partial charge in [0.15, 0.2) is 11.6 Å². The van der Waals surface area contributed by atoms with E-state index >= 15 is 0 Å². The Morgan fingerprint density at radius 1 is 1.15 bits per heavy atom. The van der Waals surface area contributed by atoms with Crippen molar-refractivity contribution in [1.29, 1.82) is 0 Å². The molecule has 0 spiro atoms. The second-order valence-corrected chi connectivity index (χ2v) is 11.9. The number of amides is 1. The summed E-state index contributed by atoms with van der Waals surface area (Å²) in [4.78, 5) is 42.1. The van der Waals surface area contributed by atoms with Gasteiger partial charge < -0.3 is 29.7 Å². The predicted octanol–water partition coefficient (Wildman–Crippen LogP) is 4.40. The van der Waals surface area contributed by atoms with Crippen molar-refractivity contribution in [3.05, 3.63) is 52.1 Å². The van der Waals surface area contributed by atoms with Gasteiger partial charge >= 0.3 is 5.97 Å². The van der Waals surface area contributed by atoms with Crippen molar-refractivity contribution in [2.45, 2.75) is 59.0 Å². The van der Waals surface area contributed by atoms with E-state index in [0.29, 0.717) is 66.0 Å². The second-order valence-electron chi connectivity index (χ2n) is 11.7. The number of Topliss-reactive ketones (excluding diaryl/α,β-unsaturated/α-hetero) is 1. The molecule has 2 aromatic rings. The maximum absolute atomic E-state index is 13.9. The Balaban J connectivity index is 1.73. The first-order chi connectivity index (χ1) is 19.2. The van der Waals surface area contributed by atoms with Gasteiger partial charge in [0.1, 0.15) is 23.6 Å². The average Bonchev–Trinajstić information content (AvgIpc) is 3.26. The Kier molecular flexibility index (Phi) is 8.27. The van der Waals surface area contributed by atoms with Crippen LogP contribution in [0.5, 0.6) is 11.5 Å². The lowest BCUT2D eigenvalue weighted by atomic mass is 9.83. The number of hydrogen-bond acceptors (Lipinski definition) is 7. The highest BCUT2D eigenvalue weighted by Gasteiger charge is 2.40. The third-order valence-corrected chi connectivity index (χ3v) is 7.70. The molecule has 0 atom stereocenters. The van der Waals surface area contributed by atoms with E-state index in [2.05, 4.69) is 9.83 Å². The van der Waals surface area contributed by atoms with Crippen molar-refractivity contribution >= 4 is 41.0 Å². The van der Waals surface area contributed by atoms with Gasteiger partial charge in [0, 0.05) is 42.1 Å². The monoisotopic (exact) mass is 584 g/mol. The zero-order valence-electron chi connectivity index (χ0n) is 24.6. The number of amidine groups is 1. The zero-order valence-corrected chi connectivity index (χ0v) is 25.3. The van der Waals surface area contributed by atoms with Crippen LogP contribution in [0, 0.1) is 0 Å². The lowest BCUT2D eigenvalue weighted by molar-refractivity contribution is -0.142. The number of carbonyl (C=O) groups excluding carboxylic acids is 2. The quantitative estimate of drug-likeness (QED) is 0.438. The maximum Gasteiger partial charge on any atom is 0.328 e. The Labute approximate surface area is 245 Å². The van der Waals surface area contributed by atoms with Crippen LogP contribution in [0.2, 0.25) is 0 Å². The lowest BCUT2D eigenvalue weighted by Crippen LogP contribution is -2.53. The summed E-state index contributed by atoms with van der Waals surface area (Å²) in [6.07, 6.45) is 0. The number of halogens is 1. The third-order valence-electron chi connectivity index (χ3n) is 7.54.